The highest BCUT2D eigenvalue weighted by atomic mass is 35.5. The summed E-state index contributed by atoms with van der Waals surface area (Å²) >= 11 is 6.41. The second-order valence-corrected chi connectivity index (χ2v) is 7.46. The van der Waals surface area contributed by atoms with Crippen LogP contribution in [0.1, 0.15) is 21.5 Å². The van der Waals surface area contributed by atoms with E-state index >= 15 is 0 Å². The van der Waals surface area contributed by atoms with Crippen molar-refractivity contribution in [1.82, 2.24) is 4.98 Å². The number of rotatable bonds is 3. The molecule has 0 saturated carbocycles. The van der Waals surface area contributed by atoms with Gasteiger partial charge in [0.05, 0.1) is 16.3 Å². The Hall–Kier alpha value is -3.38. The Balaban J connectivity index is 1.67. The van der Waals surface area contributed by atoms with Crippen LogP contribution in [0.4, 0.5) is 18.9 Å². The minimum atomic E-state index is -4.46. The van der Waals surface area contributed by atoms with E-state index in [0.29, 0.717) is 22.0 Å². The Morgan fingerprint density at radius 3 is 2.52 bits per heavy atom. The van der Waals surface area contributed by atoms with Crippen LogP contribution >= 0.6 is 11.6 Å². The number of halogens is 4. The molecule has 31 heavy (non-hydrogen) atoms. The highest BCUT2D eigenvalue weighted by Gasteiger charge is 2.31. The zero-order chi connectivity index (χ0) is 22.2. The van der Waals surface area contributed by atoms with E-state index in [9.17, 15) is 18.0 Å². The third-order valence-corrected chi connectivity index (χ3v) is 5.28. The number of alkyl halides is 3. The summed E-state index contributed by atoms with van der Waals surface area (Å²) in [6.07, 6.45) is -2.78. The SMILES string of the molecule is Cc1cc(C(F)(F)F)ccc1C(=O)Nc1ccc(Cl)c(-c2nccc3ccccc23)c1. The summed E-state index contributed by atoms with van der Waals surface area (Å²) in [5, 5.41) is 5.11. The molecule has 1 amide bonds. The molecular formula is C24H16ClF3N2O. The Morgan fingerprint density at radius 1 is 1.00 bits per heavy atom. The molecule has 7 heteroatoms. The van der Waals surface area contributed by atoms with Crippen molar-refractivity contribution in [2.45, 2.75) is 13.1 Å². The first kappa shape index (κ1) is 20.9. The first-order valence-corrected chi connectivity index (χ1v) is 9.75. The number of carbonyl (C=O) groups excluding carboxylic acids is 1. The maximum absolute atomic E-state index is 12.9. The number of anilines is 1. The lowest BCUT2D eigenvalue weighted by Crippen LogP contribution is -2.15. The first-order chi connectivity index (χ1) is 14.7. The monoisotopic (exact) mass is 440 g/mol. The first-order valence-electron chi connectivity index (χ1n) is 9.37. The van der Waals surface area contributed by atoms with E-state index in [1.807, 2.05) is 30.3 Å². The van der Waals surface area contributed by atoms with Gasteiger partial charge in [-0.2, -0.15) is 13.2 Å². The Kier molecular flexibility index (Phi) is 5.41. The fraction of sp³-hybridized carbons (Fsp3) is 0.0833. The van der Waals surface area contributed by atoms with E-state index < -0.39 is 17.6 Å². The molecule has 0 radical (unpaired) electrons. The number of nitrogens with one attached hydrogen (secondary N) is 1. The lowest BCUT2D eigenvalue weighted by atomic mass is 10.0. The summed E-state index contributed by atoms with van der Waals surface area (Å²) in [5.74, 6) is -0.509. The van der Waals surface area contributed by atoms with Crippen LogP contribution < -0.4 is 5.32 Å². The van der Waals surface area contributed by atoms with Gasteiger partial charge in [-0.25, -0.2) is 0 Å². The topological polar surface area (TPSA) is 42.0 Å². The second-order valence-electron chi connectivity index (χ2n) is 7.06. The van der Waals surface area contributed by atoms with Crippen LogP contribution in [0.15, 0.2) is 72.9 Å². The van der Waals surface area contributed by atoms with Gasteiger partial charge in [0.1, 0.15) is 0 Å². The van der Waals surface area contributed by atoms with Crippen LogP contribution in [0.5, 0.6) is 0 Å². The molecule has 3 aromatic carbocycles. The van der Waals surface area contributed by atoms with Gasteiger partial charge in [-0.05, 0) is 60.3 Å². The Bertz CT molecular complexity index is 1300. The van der Waals surface area contributed by atoms with Crippen molar-refractivity contribution in [3.8, 4) is 11.3 Å². The number of aryl methyl sites for hydroxylation is 1. The fourth-order valence-electron chi connectivity index (χ4n) is 3.41. The average molecular weight is 441 g/mol. The minimum Gasteiger partial charge on any atom is -0.322 e. The zero-order valence-electron chi connectivity index (χ0n) is 16.3. The minimum absolute atomic E-state index is 0.160. The summed E-state index contributed by atoms with van der Waals surface area (Å²) in [5.41, 5.74) is 1.37. The van der Waals surface area contributed by atoms with Crippen molar-refractivity contribution < 1.29 is 18.0 Å². The molecular weight excluding hydrogens is 425 g/mol. The second kappa shape index (κ2) is 8.04. The smallest absolute Gasteiger partial charge is 0.322 e. The lowest BCUT2D eigenvalue weighted by Gasteiger charge is -2.13. The summed E-state index contributed by atoms with van der Waals surface area (Å²) in [4.78, 5) is 17.2. The standard InChI is InChI=1S/C24H16ClF3N2O/c1-14-12-16(24(26,27)28)6-8-18(14)23(31)30-17-7-9-21(25)20(13-17)22-19-5-3-2-4-15(19)10-11-29-22/h2-13H,1H3,(H,30,31). The van der Waals surface area contributed by atoms with Gasteiger partial charge >= 0.3 is 6.18 Å². The van der Waals surface area contributed by atoms with Gasteiger partial charge in [-0.3, -0.25) is 9.78 Å². The highest BCUT2D eigenvalue weighted by Crippen LogP contribution is 2.34. The fourth-order valence-corrected chi connectivity index (χ4v) is 3.62. The summed E-state index contributed by atoms with van der Waals surface area (Å²) < 4.78 is 38.6. The van der Waals surface area contributed by atoms with Crippen molar-refractivity contribution in [1.29, 1.82) is 0 Å². The largest absolute Gasteiger partial charge is 0.416 e. The molecule has 0 saturated heterocycles. The van der Waals surface area contributed by atoms with Crippen molar-refractivity contribution in [3.63, 3.8) is 0 Å². The van der Waals surface area contributed by atoms with E-state index in [2.05, 4.69) is 10.3 Å². The van der Waals surface area contributed by atoms with E-state index in [4.69, 9.17) is 11.6 Å². The Labute approximate surface area is 181 Å². The van der Waals surface area contributed by atoms with Gasteiger partial charge in [0.25, 0.3) is 5.91 Å². The van der Waals surface area contributed by atoms with E-state index in [-0.39, 0.29) is 11.1 Å². The zero-order valence-corrected chi connectivity index (χ0v) is 17.1. The van der Waals surface area contributed by atoms with Gasteiger partial charge in [-0.1, -0.05) is 35.9 Å². The molecule has 156 valence electrons. The van der Waals surface area contributed by atoms with Gasteiger partial charge in [0.2, 0.25) is 0 Å². The van der Waals surface area contributed by atoms with Gasteiger partial charge in [0, 0.05) is 28.4 Å². The van der Waals surface area contributed by atoms with Crippen molar-refractivity contribution in [2.75, 3.05) is 5.32 Å². The van der Waals surface area contributed by atoms with Crippen LogP contribution in [0.2, 0.25) is 5.02 Å². The van der Waals surface area contributed by atoms with Crippen LogP contribution in [0.3, 0.4) is 0 Å². The molecule has 0 aliphatic carbocycles. The number of pyridine rings is 1. The quantitative estimate of drug-likeness (QED) is 0.368. The maximum Gasteiger partial charge on any atom is 0.416 e. The molecule has 0 aliphatic heterocycles. The lowest BCUT2D eigenvalue weighted by molar-refractivity contribution is -0.137. The molecule has 1 N–H and O–H groups in total. The number of aromatic nitrogens is 1. The normalized spacial score (nSPS) is 11.5. The summed E-state index contributed by atoms with van der Waals surface area (Å²) in [6.45, 7) is 1.47. The van der Waals surface area contributed by atoms with E-state index in [1.54, 1.807) is 24.4 Å². The number of carbonyl (C=O) groups is 1. The van der Waals surface area contributed by atoms with Crippen LogP contribution in [0.25, 0.3) is 22.0 Å². The van der Waals surface area contributed by atoms with Crippen molar-refractivity contribution >= 4 is 34.0 Å². The van der Waals surface area contributed by atoms with Crippen molar-refractivity contribution in [2.24, 2.45) is 0 Å². The molecule has 0 atom stereocenters. The third-order valence-electron chi connectivity index (χ3n) is 4.95. The van der Waals surface area contributed by atoms with Crippen LogP contribution in [-0.2, 0) is 6.18 Å². The molecule has 0 aliphatic rings. The molecule has 0 bridgehead atoms. The third kappa shape index (κ3) is 4.25. The number of amides is 1. The number of benzene rings is 3. The predicted octanol–water partition coefficient (Wildman–Crippen LogP) is 7.13. The predicted molar refractivity (Wildman–Crippen MR) is 116 cm³/mol. The average Bonchev–Trinajstić information content (AvgIpc) is 2.74. The van der Waals surface area contributed by atoms with E-state index in [0.717, 1.165) is 22.9 Å². The maximum atomic E-state index is 12.9. The molecule has 3 nitrogen and oxygen atoms in total. The molecule has 0 unspecified atom stereocenters. The van der Waals surface area contributed by atoms with E-state index in [1.165, 1.54) is 13.0 Å². The molecule has 4 aromatic rings. The molecule has 1 heterocycles. The van der Waals surface area contributed by atoms with Gasteiger partial charge in [0.15, 0.2) is 0 Å². The molecule has 4 rings (SSSR count). The number of hydrogen-bond donors (Lipinski definition) is 1. The Morgan fingerprint density at radius 2 is 1.77 bits per heavy atom. The number of fused-ring (bicyclic) bond motifs is 1. The van der Waals surface area contributed by atoms with Crippen LogP contribution in [-0.4, -0.2) is 10.9 Å². The summed E-state index contributed by atoms with van der Waals surface area (Å²) in [7, 11) is 0. The van der Waals surface area contributed by atoms with Crippen molar-refractivity contribution in [3.05, 3.63) is 94.6 Å². The van der Waals surface area contributed by atoms with Gasteiger partial charge < -0.3 is 5.32 Å². The van der Waals surface area contributed by atoms with Crippen LogP contribution in [0, 0.1) is 6.92 Å². The summed E-state index contributed by atoms with van der Waals surface area (Å²) in [6, 6.07) is 17.6. The molecule has 1 aromatic heterocycles. The number of nitrogens with zero attached hydrogens (tertiary/aromatic N) is 1. The molecule has 0 spiro atoms. The number of hydrogen-bond acceptors (Lipinski definition) is 2. The highest BCUT2D eigenvalue weighted by molar-refractivity contribution is 6.33. The van der Waals surface area contributed by atoms with Gasteiger partial charge in [-0.15, -0.1) is 0 Å². The molecule has 0 fully saturated rings.